The first-order valence-corrected chi connectivity index (χ1v) is 6.17. The second kappa shape index (κ2) is 6.79. The molecular weight excluding hydrogens is 228 g/mol. The average Bonchev–Trinajstić information content (AvgIpc) is 2.36. The molecule has 18 heavy (non-hydrogen) atoms. The van der Waals surface area contributed by atoms with Gasteiger partial charge in [-0.3, -0.25) is 9.59 Å². The first-order chi connectivity index (χ1) is 8.54. The summed E-state index contributed by atoms with van der Waals surface area (Å²) >= 11 is 0. The van der Waals surface area contributed by atoms with Crippen LogP contribution >= 0.6 is 0 Å². The first kappa shape index (κ1) is 14.2. The van der Waals surface area contributed by atoms with Gasteiger partial charge in [0.05, 0.1) is 0 Å². The number of nitrogens with zero attached hydrogens (tertiary/aromatic N) is 1. The Hall–Kier alpha value is -1.84. The van der Waals surface area contributed by atoms with E-state index in [1.165, 1.54) is 11.8 Å². The Labute approximate surface area is 108 Å². The molecule has 0 fully saturated rings. The van der Waals surface area contributed by atoms with Crippen LogP contribution < -0.4 is 10.2 Å². The van der Waals surface area contributed by atoms with E-state index in [1.54, 1.807) is 0 Å². The fraction of sp³-hybridized carbons (Fsp3) is 0.429. The standard InChI is InChI=1S/C14H20N2O2/c1-4-11(2)15-14(18)10-16(12(3)17)13-8-6-5-7-9-13/h5-9,11H,4,10H2,1-3H3,(H,15,18). The van der Waals surface area contributed by atoms with Gasteiger partial charge in [0.2, 0.25) is 11.8 Å². The highest BCUT2D eigenvalue weighted by atomic mass is 16.2. The molecule has 0 saturated heterocycles. The Bertz CT molecular complexity index is 404. The summed E-state index contributed by atoms with van der Waals surface area (Å²) < 4.78 is 0. The number of hydrogen-bond acceptors (Lipinski definition) is 2. The van der Waals surface area contributed by atoms with Gasteiger partial charge in [-0.05, 0) is 25.5 Å². The number of amides is 2. The summed E-state index contributed by atoms with van der Waals surface area (Å²) in [6, 6.07) is 9.33. The molecule has 4 heteroatoms. The van der Waals surface area contributed by atoms with Gasteiger partial charge in [-0.25, -0.2) is 0 Å². The number of carbonyl (C=O) groups is 2. The highest BCUT2D eigenvalue weighted by molar-refractivity contribution is 5.97. The van der Waals surface area contributed by atoms with Crippen molar-refractivity contribution in [2.24, 2.45) is 0 Å². The zero-order chi connectivity index (χ0) is 13.5. The van der Waals surface area contributed by atoms with Crippen molar-refractivity contribution in [2.75, 3.05) is 11.4 Å². The van der Waals surface area contributed by atoms with E-state index in [0.29, 0.717) is 0 Å². The lowest BCUT2D eigenvalue weighted by molar-refractivity contribution is -0.123. The maximum absolute atomic E-state index is 11.8. The third kappa shape index (κ3) is 4.20. The Kier molecular flexibility index (Phi) is 5.36. The summed E-state index contributed by atoms with van der Waals surface area (Å²) in [7, 11) is 0. The number of carbonyl (C=O) groups excluding carboxylic acids is 2. The minimum Gasteiger partial charge on any atom is -0.352 e. The van der Waals surface area contributed by atoms with Crippen LogP contribution in [0.25, 0.3) is 0 Å². The van der Waals surface area contributed by atoms with Crippen LogP contribution in [0.4, 0.5) is 5.69 Å². The molecule has 1 aromatic rings. The van der Waals surface area contributed by atoms with Crippen LogP contribution in [0, 0.1) is 0 Å². The predicted molar refractivity (Wildman–Crippen MR) is 72.4 cm³/mol. The topological polar surface area (TPSA) is 49.4 Å². The molecule has 0 aliphatic rings. The van der Waals surface area contributed by atoms with Crippen molar-refractivity contribution in [3.63, 3.8) is 0 Å². The number of hydrogen-bond donors (Lipinski definition) is 1. The lowest BCUT2D eigenvalue weighted by Gasteiger charge is -2.21. The zero-order valence-corrected chi connectivity index (χ0v) is 11.1. The van der Waals surface area contributed by atoms with Crippen molar-refractivity contribution < 1.29 is 9.59 Å². The fourth-order valence-corrected chi connectivity index (χ4v) is 1.56. The van der Waals surface area contributed by atoms with E-state index < -0.39 is 0 Å². The first-order valence-electron chi connectivity index (χ1n) is 6.17. The van der Waals surface area contributed by atoms with Crippen molar-refractivity contribution in [3.8, 4) is 0 Å². The number of nitrogens with one attached hydrogen (secondary N) is 1. The molecule has 1 unspecified atom stereocenters. The van der Waals surface area contributed by atoms with Crippen molar-refractivity contribution >= 4 is 17.5 Å². The largest absolute Gasteiger partial charge is 0.352 e. The SMILES string of the molecule is CCC(C)NC(=O)CN(C(C)=O)c1ccccc1. The van der Waals surface area contributed by atoms with Gasteiger partial charge in [0.1, 0.15) is 6.54 Å². The molecule has 1 N–H and O–H groups in total. The normalized spacial score (nSPS) is 11.7. The molecular formula is C14H20N2O2. The second-order valence-corrected chi connectivity index (χ2v) is 4.32. The molecule has 98 valence electrons. The Morgan fingerprint density at radius 1 is 1.28 bits per heavy atom. The number of anilines is 1. The van der Waals surface area contributed by atoms with E-state index in [0.717, 1.165) is 12.1 Å². The van der Waals surface area contributed by atoms with Crippen molar-refractivity contribution in [3.05, 3.63) is 30.3 Å². The quantitative estimate of drug-likeness (QED) is 0.866. The maximum Gasteiger partial charge on any atom is 0.240 e. The van der Waals surface area contributed by atoms with E-state index in [-0.39, 0.29) is 24.4 Å². The van der Waals surface area contributed by atoms with E-state index in [1.807, 2.05) is 44.2 Å². The molecule has 0 aromatic heterocycles. The summed E-state index contributed by atoms with van der Waals surface area (Å²) in [5.74, 6) is -0.274. The summed E-state index contributed by atoms with van der Waals surface area (Å²) in [4.78, 5) is 24.8. The molecule has 0 bridgehead atoms. The van der Waals surface area contributed by atoms with Crippen LogP contribution in [0.1, 0.15) is 27.2 Å². The van der Waals surface area contributed by atoms with Gasteiger partial charge in [0, 0.05) is 18.7 Å². The van der Waals surface area contributed by atoms with Crippen LogP contribution in [0.2, 0.25) is 0 Å². The lowest BCUT2D eigenvalue weighted by atomic mass is 10.2. The summed E-state index contributed by atoms with van der Waals surface area (Å²) in [6.07, 6.45) is 0.872. The van der Waals surface area contributed by atoms with E-state index in [4.69, 9.17) is 0 Å². The Morgan fingerprint density at radius 2 is 1.89 bits per heavy atom. The van der Waals surface area contributed by atoms with Gasteiger partial charge in [0.15, 0.2) is 0 Å². The van der Waals surface area contributed by atoms with Gasteiger partial charge in [-0.1, -0.05) is 25.1 Å². The molecule has 0 radical (unpaired) electrons. The van der Waals surface area contributed by atoms with E-state index in [9.17, 15) is 9.59 Å². The molecule has 0 saturated carbocycles. The summed E-state index contributed by atoms with van der Waals surface area (Å²) in [5.41, 5.74) is 0.740. The fourth-order valence-electron chi connectivity index (χ4n) is 1.56. The Balaban J connectivity index is 2.71. The molecule has 4 nitrogen and oxygen atoms in total. The number of benzene rings is 1. The van der Waals surface area contributed by atoms with Gasteiger partial charge in [-0.15, -0.1) is 0 Å². The lowest BCUT2D eigenvalue weighted by Crippen LogP contribution is -2.42. The highest BCUT2D eigenvalue weighted by Crippen LogP contribution is 2.12. The van der Waals surface area contributed by atoms with E-state index >= 15 is 0 Å². The van der Waals surface area contributed by atoms with E-state index in [2.05, 4.69) is 5.32 Å². The van der Waals surface area contributed by atoms with Gasteiger partial charge < -0.3 is 10.2 Å². The second-order valence-electron chi connectivity index (χ2n) is 4.32. The van der Waals surface area contributed by atoms with Crippen molar-refractivity contribution in [2.45, 2.75) is 33.2 Å². The van der Waals surface area contributed by atoms with Crippen LogP contribution in [0.3, 0.4) is 0 Å². The van der Waals surface area contributed by atoms with Crippen molar-refractivity contribution in [1.29, 1.82) is 0 Å². The third-order valence-electron chi connectivity index (χ3n) is 2.77. The van der Waals surface area contributed by atoms with Crippen molar-refractivity contribution in [1.82, 2.24) is 5.32 Å². The highest BCUT2D eigenvalue weighted by Gasteiger charge is 2.16. The van der Waals surface area contributed by atoms with Crippen LogP contribution in [-0.2, 0) is 9.59 Å². The number of para-hydroxylation sites is 1. The molecule has 0 spiro atoms. The molecule has 1 aromatic carbocycles. The predicted octanol–water partition coefficient (Wildman–Crippen LogP) is 1.95. The van der Waals surface area contributed by atoms with Crippen LogP contribution in [-0.4, -0.2) is 24.4 Å². The minimum atomic E-state index is -0.138. The molecule has 2 amide bonds. The monoisotopic (exact) mass is 248 g/mol. The van der Waals surface area contributed by atoms with Gasteiger partial charge in [-0.2, -0.15) is 0 Å². The number of rotatable bonds is 5. The van der Waals surface area contributed by atoms with Gasteiger partial charge >= 0.3 is 0 Å². The molecule has 0 aliphatic carbocycles. The molecule has 0 aliphatic heterocycles. The summed E-state index contributed by atoms with van der Waals surface area (Å²) in [5, 5.41) is 2.85. The maximum atomic E-state index is 11.8. The van der Waals surface area contributed by atoms with Crippen LogP contribution in [0.5, 0.6) is 0 Å². The Morgan fingerprint density at radius 3 is 2.39 bits per heavy atom. The molecule has 0 heterocycles. The third-order valence-corrected chi connectivity index (χ3v) is 2.77. The minimum absolute atomic E-state index is 0.0592. The smallest absolute Gasteiger partial charge is 0.240 e. The summed E-state index contributed by atoms with van der Waals surface area (Å²) in [6.45, 7) is 5.47. The van der Waals surface area contributed by atoms with Crippen LogP contribution in [0.15, 0.2) is 30.3 Å². The zero-order valence-electron chi connectivity index (χ0n) is 11.1. The molecule has 1 atom stereocenters. The van der Waals surface area contributed by atoms with Gasteiger partial charge in [0.25, 0.3) is 0 Å². The molecule has 1 rings (SSSR count). The average molecular weight is 248 g/mol.